The van der Waals surface area contributed by atoms with E-state index >= 15 is 0 Å². The van der Waals surface area contributed by atoms with E-state index in [4.69, 9.17) is 9.47 Å². The molecule has 1 rings (SSSR count). The zero-order valence-corrected chi connectivity index (χ0v) is 12.4. The van der Waals surface area contributed by atoms with E-state index in [2.05, 4.69) is 28.1 Å². The highest BCUT2D eigenvalue weighted by Crippen LogP contribution is 2.19. The van der Waals surface area contributed by atoms with Crippen molar-refractivity contribution in [1.82, 2.24) is 0 Å². The van der Waals surface area contributed by atoms with E-state index in [1.807, 2.05) is 39.0 Å². The van der Waals surface area contributed by atoms with E-state index in [0.29, 0.717) is 13.2 Å². The summed E-state index contributed by atoms with van der Waals surface area (Å²) in [5.74, 6) is 0. The van der Waals surface area contributed by atoms with Crippen LogP contribution >= 0.6 is 15.9 Å². The quantitative estimate of drug-likeness (QED) is 0.585. The molecule has 1 unspecified atom stereocenters. The van der Waals surface area contributed by atoms with Gasteiger partial charge in [-0.05, 0) is 26.3 Å². The Labute approximate surface area is 112 Å². The molecule has 0 bridgehead atoms. The van der Waals surface area contributed by atoms with Gasteiger partial charge in [-0.25, -0.2) is 0 Å². The van der Waals surface area contributed by atoms with Crippen molar-refractivity contribution in [2.24, 2.45) is 0 Å². The van der Waals surface area contributed by atoms with Gasteiger partial charge in [0.1, 0.15) is 0 Å². The van der Waals surface area contributed by atoms with Gasteiger partial charge in [0, 0.05) is 5.33 Å². The summed E-state index contributed by atoms with van der Waals surface area (Å²) < 4.78 is 11.4. The summed E-state index contributed by atoms with van der Waals surface area (Å²) in [7, 11) is 0. The Morgan fingerprint density at radius 1 is 1.12 bits per heavy atom. The largest absolute Gasteiger partial charge is 0.373 e. The lowest BCUT2D eigenvalue weighted by Crippen LogP contribution is -2.22. The second-order valence-electron chi connectivity index (χ2n) is 4.89. The first-order chi connectivity index (χ1) is 8.03. The highest BCUT2D eigenvalue weighted by Gasteiger charge is 2.12. The van der Waals surface area contributed by atoms with Gasteiger partial charge in [0.15, 0.2) is 0 Å². The van der Waals surface area contributed by atoms with Crippen LogP contribution in [0.15, 0.2) is 30.3 Å². The molecule has 0 aliphatic carbocycles. The van der Waals surface area contributed by atoms with Gasteiger partial charge in [-0.3, -0.25) is 0 Å². The van der Waals surface area contributed by atoms with Crippen molar-refractivity contribution in [2.45, 2.75) is 32.5 Å². The van der Waals surface area contributed by atoms with Gasteiger partial charge < -0.3 is 9.47 Å². The van der Waals surface area contributed by atoms with Crippen LogP contribution < -0.4 is 0 Å². The SMILES string of the molecule is CC(C)(C)OCCOC(CBr)c1ccccc1. The van der Waals surface area contributed by atoms with Crippen LogP contribution in [0.4, 0.5) is 0 Å². The van der Waals surface area contributed by atoms with Crippen molar-refractivity contribution in [3.8, 4) is 0 Å². The van der Waals surface area contributed by atoms with E-state index in [-0.39, 0.29) is 11.7 Å². The number of rotatable bonds is 6. The number of alkyl halides is 1. The minimum Gasteiger partial charge on any atom is -0.373 e. The molecule has 0 aliphatic heterocycles. The first-order valence-electron chi connectivity index (χ1n) is 5.89. The van der Waals surface area contributed by atoms with E-state index < -0.39 is 0 Å². The molecule has 0 fully saturated rings. The zero-order chi connectivity index (χ0) is 12.7. The van der Waals surface area contributed by atoms with Gasteiger partial charge in [0.25, 0.3) is 0 Å². The standard InChI is InChI=1S/C14H21BrO2/c1-14(2,3)17-10-9-16-13(11-15)12-7-5-4-6-8-12/h4-8,13H,9-11H2,1-3H3. The number of hydrogen-bond acceptors (Lipinski definition) is 2. The van der Waals surface area contributed by atoms with E-state index in [1.54, 1.807) is 0 Å². The van der Waals surface area contributed by atoms with Gasteiger partial charge in [-0.1, -0.05) is 46.3 Å². The van der Waals surface area contributed by atoms with Crippen LogP contribution in [0.2, 0.25) is 0 Å². The highest BCUT2D eigenvalue weighted by molar-refractivity contribution is 9.09. The van der Waals surface area contributed by atoms with Crippen LogP contribution in [0.25, 0.3) is 0 Å². The summed E-state index contributed by atoms with van der Waals surface area (Å²) in [4.78, 5) is 0. The van der Waals surface area contributed by atoms with Crippen LogP contribution in [0.5, 0.6) is 0 Å². The molecule has 0 heterocycles. The molecule has 0 radical (unpaired) electrons. The van der Waals surface area contributed by atoms with Crippen LogP contribution in [0, 0.1) is 0 Å². The van der Waals surface area contributed by atoms with E-state index in [0.717, 1.165) is 5.33 Å². The molecule has 0 spiro atoms. The van der Waals surface area contributed by atoms with Crippen LogP contribution in [0.3, 0.4) is 0 Å². The molecule has 96 valence electrons. The zero-order valence-electron chi connectivity index (χ0n) is 10.8. The average molecular weight is 301 g/mol. The molecule has 0 N–H and O–H groups in total. The third kappa shape index (κ3) is 6.20. The van der Waals surface area contributed by atoms with Crippen molar-refractivity contribution in [3.05, 3.63) is 35.9 Å². The highest BCUT2D eigenvalue weighted by atomic mass is 79.9. The van der Waals surface area contributed by atoms with E-state index in [9.17, 15) is 0 Å². The Hall–Kier alpha value is -0.380. The fraction of sp³-hybridized carbons (Fsp3) is 0.571. The summed E-state index contributed by atoms with van der Waals surface area (Å²) in [5, 5.41) is 0.798. The van der Waals surface area contributed by atoms with Crippen molar-refractivity contribution in [1.29, 1.82) is 0 Å². The fourth-order valence-corrected chi connectivity index (χ4v) is 2.00. The maximum absolute atomic E-state index is 5.80. The summed E-state index contributed by atoms with van der Waals surface area (Å²) >= 11 is 3.48. The number of halogens is 1. The average Bonchev–Trinajstić information content (AvgIpc) is 2.29. The first-order valence-corrected chi connectivity index (χ1v) is 7.01. The Morgan fingerprint density at radius 2 is 1.76 bits per heavy atom. The molecule has 0 amide bonds. The summed E-state index contributed by atoms with van der Waals surface area (Å²) in [6, 6.07) is 10.2. The van der Waals surface area contributed by atoms with Crippen molar-refractivity contribution < 1.29 is 9.47 Å². The summed E-state index contributed by atoms with van der Waals surface area (Å²) in [5.41, 5.74) is 1.10. The van der Waals surface area contributed by atoms with Gasteiger partial charge in [0.05, 0.1) is 24.9 Å². The van der Waals surface area contributed by atoms with Crippen LogP contribution in [-0.4, -0.2) is 24.1 Å². The predicted octanol–water partition coefficient (Wildman–Crippen LogP) is 3.95. The summed E-state index contributed by atoms with van der Waals surface area (Å²) in [6.07, 6.45) is 0.0970. The second-order valence-corrected chi connectivity index (χ2v) is 5.53. The molecule has 2 nitrogen and oxygen atoms in total. The Bertz CT molecular complexity index is 306. The molecule has 1 atom stereocenters. The molecule has 0 saturated carbocycles. The predicted molar refractivity (Wildman–Crippen MR) is 74.6 cm³/mol. The third-order valence-electron chi connectivity index (χ3n) is 2.25. The van der Waals surface area contributed by atoms with Crippen molar-refractivity contribution >= 4 is 15.9 Å². The van der Waals surface area contributed by atoms with Gasteiger partial charge in [-0.2, -0.15) is 0 Å². The van der Waals surface area contributed by atoms with Gasteiger partial charge in [-0.15, -0.1) is 0 Å². The Morgan fingerprint density at radius 3 is 2.29 bits per heavy atom. The van der Waals surface area contributed by atoms with Crippen molar-refractivity contribution in [3.63, 3.8) is 0 Å². The second kappa shape index (κ2) is 7.14. The fourth-order valence-electron chi connectivity index (χ4n) is 1.44. The number of benzene rings is 1. The maximum Gasteiger partial charge on any atom is 0.0922 e. The van der Waals surface area contributed by atoms with Crippen molar-refractivity contribution in [2.75, 3.05) is 18.5 Å². The molecule has 0 saturated heterocycles. The first kappa shape index (κ1) is 14.7. The minimum absolute atomic E-state index is 0.0970. The monoisotopic (exact) mass is 300 g/mol. The number of hydrogen-bond donors (Lipinski definition) is 0. The molecule has 1 aromatic rings. The topological polar surface area (TPSA) is 18.5 Å². The molecule has 3 heteroatoms. The normalized spacial score (nSPS) is 13.6. The lowest BCUT2D eigenvalue weighted by Gasteiger charge is -2.21. The molecule has 0 aliphatic rings. The van der Waals surface area contributed by atoms with Gasteiger partial charge >= 0.3 is 0 Å². The van der Waals surface area contributed by atoms with Crippen LogP contribution in [-0.2, 0) is 9.47 Å². The van der Waals surface area contributed by atoms with Gasteiger partial charge in [0.2, 0.25) is 0 Å². The smallest absolute Gasteiger partial charge is 0.0922 e. The molecule has 17 heavy (non-hydrogen) atoms. The number of ether oxygens (including phenoxy) is 2. The summed E-state index contributed by atoms with van der Waals surface area (Å²) in [6.45, 7) is 7.38. The lowest BCUT2D eigenvalue weighted by atomic mass is 10.1. The molecule has 0 aromatic heterocycles. The third-order valence-corrected chi connectivity index (χ3v) is 2.84. The lowest BCUT2D eigenvalue weighted by molar-refractivity contribution is -0.0480. The molecular weight excluding hydrogens is 280 g/mol. The van der Waals surface area contributed by atoms with E-state index in [1.165, 1.54) is 5.56 Å². The molecule has 1 aromatic carbocycles. The van der Waals surface area contributed by atoms with Crippen LogP contribution in [0.1, 0.15) is 32.4 Å². The Kier molecular flexibility index (Phi) is 6.17. The minimum atomic E-state index is -0.0972. The molecular formula is C14H21BrO2. The maximum atomic E-state index is 5.80. The Balaban J connectivity index is 2.34.